The lowest BCUT2D eigenvalue weighted by molar-refractivity contribution is -0.383. The fourth-order valence-corrected chi connectivity index (χ4v) is 4.86. The molecular formula is C20H19ClN4O3S. The van der Waals surface area contributed by atoms with Crippen LogP contribution >= 0.6 is 22.9 Å². The van der Waals surface area contributed by atoms with E-state index in [4.69, 9.17) is 16.6 Å². The summed E-state index contributed by atoms with van der Waals surface area (Å²) >= 11 is 7.56. The van der Waals surface area contributed by atoms with Gasteiger partial charge in [0.15, 0.2) is 0 Å². The lowest BCUT2D eigenvalue weighted by Crippen LogP contribution is -2.38. The minimum absolute atomic E-state index is 0.161. The Kier molecular flexibility index (Phi) is 5.75. The monoisotopic (exact) mass is 430 g/mol. The number of rotatable bonds is 5. The van der Waals surface area contributed by atoms with E-state index in [1.54, 1.807) is 11.3 Å². The first-order chi connectivity index (χ1) is 14.0. The third-order valence-electron chi connectivity index (χ3n) is 5.05. The van der Waals surface area contributed by atoms with Gasteiger partial charge >= 0.3 is 0 Å². The molecule has 9 heteroatoms. The van der Waals surface area contributed by atoms with Crippen molar-refractivity contribution in [2.75, 3.05) is 25.0 Å². The van der Waals surface area contributed by atoms with Crippen molar-refractivity contribution in [1.82, 2.24) is 9.88 Å². The summed E-state index contributed by atoms with van der Waals surface area (Å²) in [5.74, 6) is 0.137. The Morgan fingerprint density at radius 1 is 1.28 bits per heavy atom. The molecule has 0 saturated carbocycles. The summed E-state index contributed by atoms with van der Waals surface area (Å²) in [5.41, 5.74) is 0.994. The molecular weight excluding hydrogens is 412 g/mol. The van der Waals surface area contributed by atoms with Crippen LogP contribution < -0.4 is 5.32 Å². The van der Waals surface area contributed by atoms with Gasteiger partial charge in [-0.05, 0) is 50.2 Å². The minimum Gasteiger partial charge on any atom is -0.319 e. The lowest BCUT2D eigenvalue weighted by Gasteiger charge is -2.30. The molecule has 1 aromatic heterocycles. The van der Waals surface area contributed by atoms with Gasteiger partial charge < -0.3 is 5.32 Å². The lowest BCUT2D eigenvalue weighted by atomic mass is 9.97. The zero-order chi connectivity index (χ0) is 20.4. The fourth-order valence-electron chi connectivity index (χ4n) is 3.56. The van der Waals surface area contributed by atoms with Crippen LogP contribution in [0, 0.1) is 10.1 Å². The minimum atomic E-state index is -0.551. The van der Waals surface area contributed by atoms with Gasteiger partial charge in [-0.3, -0.25) is 19.8 Å². The highest BCUT2D eigenvalue weighted by atomic mass is 35.5. The standard InChI is InChI=1S/C20H19ClN4O3S/c21-14-5-6-15(17(11-14)25(27)28)22-19(26)12-24-9-7-13(8-10-24)20-23-16-3-1-2-4-18(16)29-20/h1-6,11,13H,7-10,12H2,(H,22,26). The van der Waals surface area contributed by atoms with Crippen LogP contribution in [0.15, 0.2) is 42.5 Å². The molecule has 0 bridgehead atoms. The average Bonchev–Trinajstić information content (AvgIpc) is 3.14. The summed E-state index contributed by atoms with van der Waals surface area (Å²) in [6, 6.07) is 12.4. The number of hydrogen-bond donors (Lipinski definition) is 1. The number of nitro groups is 1. The summed E-state index contributed by atoms with van der Waals surface area (Å²) in [6.07, 6.45) is 1.88. The maximum atomic E-state index is 12.4. The van der Waals surface area contributed by atoms with E-state index in [0.29, 0.717) is 5.92 Å². The van der Waals surface area contributed by atoms with Crippen LogP contribution in [0.3, 0.4) is 0 Å². The molecule has 1 aliphatic heterocycles. The molecule has 7 nitrogen and oxygen atoms in total. The number of halogens is 1. The average molecular weight is 431 g/mol. The van der Waals surface area contributed by atoms with E-state index in [2.05, 4.69) is 16.3 Å². The van der Waals surface area contributed by atoms with Crippen molar-refractivity contribution < 1.29 is 9.72 Å². The topological polar surface area (TPSA) is 88.4 Å². The zero-order valence-corrected chi connectivity index (χ0v) is 17.1. The second kappa shape index (κ2) is 8.44. The third kappa shape index (κ3) is 4.55. The van der Waals surface area contributed by atoms with Crippen molar-refractivity contribution >= 4 is 50.4 Å². The number of likely N-dealkylation sites (tertiary alicyclic amines) is 1. The molecule has 1 fully saturated rings. The molecule has 4 rings (SSSR count). The van der Waals surface area contributed by atoms with Gasteiger partial charge in [0.2, 0.25) is 5.91 Å². The number of carbonyl (C=O) groups is 1. The SMILES string of the molecule is O=C(CN1CCC(c2nc3ccccc3s2)CC1)Nc1ccc(Cl)cc1[N+](=O)[O-]. The fraction of sp³-hybridized carbons (Fsp3) is 0.300. The largest absolute Gasteiger partial charge is 0.319 e. The quantitative estimate of drug-likeness (QED) is 0.469. The number of amides is 1. The summed E-state index contributed by atoms with van der Waals surface area (Å²) in [5, 5.41) is 15.2. The maximum absolute atomic E-state index is 12.4. The Hall–Kier alpha value is -2.55. The number of nitrogens with one attached hydrogen (secondary N) is 1. The Bertz CT molecular complexity index is 1030. The first kappa shape index (κ1) is 19.8. The van der Waals surface area contributed by atoms with Crippen molar-refractivity contribution in [2.24, 2.45) is 0 Å². The van der Waals surface area contributed by atoms with E-state index in [1.165, 1.54) is 22.9 Å². The van der Waals surface area contributed by atoms with E-state index < -0.39 is 4.92 Å². The summed E-state index contributed by atoms with van der Waals surface area (Å²) < 4.78 is 1.20. The van der Waals surface area contributed by atoms with Gasteiger partial charge in [0, 0.05) is 17.0 Å². The Balaban J connectivity index is 1.34. The van der Waals surface area contributed by atoms with Crippen molar-refractivity contribution in [2.45, 2.75) is 18.8 Å². The highest BCUT2D eigenvalue weighted by molar-refractivity contribution is 7.18. The van der Waals surface area contributed by atoms with Crippen molar-refractivity contribution in [1.29, 1.82) is 0 Å². The second-order valence-corrected chi connectivity index (χ2v) is 8.54. The Morgan fingerprint density at radius 2 is 2.03 bits per heavy atom. The normalized spacial score (nSPS) is 15.5. The van der Waals surface area contributed by atoms with Crippen LogP contribution in [0.4, 0.5) is 11.4 Å². The van der Waals surface area contributed by atoms with Crippen LogP contribution in [0.1, 0.15) is 23.8 Å². The molecule has 1 N–H and O–H groups in total. The van der Waals surface area contributed by atoms with Gasteiger partial charge in [-0.1, -0.05) is 23.7 Å². The molecule has 1 saturated heterocycles. The molecule has 3 aromatic rings. The maximum Gasteiger partial charge on any atom is 0.294 e. The van der Waals surface area contributed by atoms with Gasteiger partial charge in [-0.2, -0.15) is 0 Å². The number of aromatic nitrogens is 1. The highest BCUT2D eigenvalue weighted by Crippen LogP contribution is 2.34. The van der Waals surface area contributed by atoms with E-state index in [-0.39, 0.29) is 28.8 Å². The molecule has 1 amide bonds. The molecule has 1 aliphatic rings. The number of nitro benzene ring substituents is 1. The summed E-state index contributed by atoms with van der Waals surface area (Å²) in [7, 11) is 0. The number of para-hydroxylation sites is 1. The second-order valence-electron chi connectivity index (χ2n) is 7.04. The predicted molar refractivity (Wildman–Crippen MR) is 115 cm³/mol. The molecule has 29 heavy (non-hydrogen) atoms. The number of anilines is 1. The zero-order valence-electron chi connectivity index (χ0n) is 15.5. The first-order valence-corrected chi connectivity index (χ1v) is 10.5. The number of benzene rings is 2. The van der Waals surface area contributed by atoms with Gasteiger partial charge in [-0.15, -0.1) is 11.3 Å². The number of hydrogen-bond acceptors (Lipinski definition) is 6. The van der Waals surface area contributed by atoms with Gasteiger partial charge in [0.25, 0.3) is 5.69 Å². The number of thiazole rings is 1. The van der Waals surface area contributed by atoms with Crippen LogP contribution in [0.25, 0.3) is 10.2 Å². The predicted octanol–water partition coefficient (Wildman–Crippen LogP) is 4.68. The van der Waals surface area contributed by atoms with Crippen LogP contribution in [-0.4, -0.2) is 40.3 Å². The molecule has 0 spiro atoms. The smallest absolute Gasteiger partial charge is 0.294 e. The Labute approximate surface area is 176 Å². The van der Waals surface area contributed by atoms with Crippen molar-refractivity contribution in [3.05, 3.63) is 62.6 Å². The van der Waals surface area contributed by atoms with E-state index in [1.807, 2.05) is 18.2 Å². The number of fused-ring (bicyclic) bond motifs is 1. The van der Waals surface area contributed by atoms with Crippen LogP contribution in [0.5, 0.6) is 0 Å². The molecule has 0 unspecified atom stereocenters. The van der Waals surface area contributed by atoms with Crippen molar-refractivity contribution in [3.8, 4) is 0 Å². The third-order valence-corrected chi connectivity index (χ3v) is 6.48. The van der Waals surface area contributed by atoms with E-state index >= 15 is 0 Å². The molecule has 0 radical (unpaired) electrons. The van der Waals surface area contributed by atoms with E-state index in [0.717, 1.165) is 36.5 Å². The van der Waals surface area contributed by atoms with Gasteiger partial charge in [-0.25, -0.2) is 4.98 Å². The first-order valence-electron chi connectivity index (χ1n) is 9.31. The Morgan fingerprint density at radius 3 is 2.76 bits per heavy atom. The molecule has 150 valence electrons. The summed E-state index contributed by atoms with van der Waals surface area (Å²) in [6.45, 7) is 1.78. The van der Waals surface area contributed by atoms with E-state index in [9.17, 15) is 14.9 Å². The van der Waals surface area contributed by atoms with Crippen LogP contribution in [0.2, 0.25) is 5.02 Å². The van der Waals surface area contributed by atoms with Gasteiger partial charge in [0.1, 0.15) is 5.69 Å². The number of nitrogens with zero attached hydrogens (tertiary/aromatic N) is 3. The number of piperidine rings is 1. The molecule has 2 aromatic carbocycles. The molecule has 2 heterocycles. The number of carbonyl (C=O) groups excluding carboxylic acids is 1. The van der Waals surface area contributed by atoms with Crippen LogP contribution in [-0.2, 0) is 4.79 Å². The van der Waals surface area contributed by atoms with Gasteiger partial charge in [0.05, 0.1) is 26.7 Å². The molecule has 0 aliphatic carbocycles. The van der Waals surface area contributed by atoms with Crippen molar-refractivity contribution in [3.63, 3.8) is 0 Å². The highest BCUT2D eigenvalue weighted by Gasteiger charge is 2.25. The summed E-state index contributed by atoms with van der Waals surface area (Å²) in [4.78, 5) is 29.8. The molecule has 0 atom stereocenters.